The molecule has 25 heavy (non-hydrogen) atoms. The summed E-state index contributed by atoms with van der Waals surface area (Å²) >= 11 is 0. The van der Waals surface area contributed by atoms with E-state index in [1.165, 1.54) is 18.4 Å². The molecule has 0 spiro atoms. The third-order valence-electron chi connectivity index (χ3n) is 5.56. The van der Waals surface area contributed by atoms with Gasteiger partial charge < -0.3 is 10.1 Å². The minimum Gasteiger partial charge on any atom is -0.496 e. The molecule has 0 aromatic heterocycles. The highest BCUT2D eigenvalue weighted by molar-refractivity contribution is 5.81. The monoisotopic (exact) mass is 346 g/mol. The molecule has 0 bridgehead atoms. The summed E-state index contributed by atoms with van der Waals surface area (Å²) in [7, 11) is 3.72. The minimum absolute atomic E-state index is 0.137. The second-order valence-corrected chi connectivity index (χ2v) is 7.82. The van der Waals surface area contributed by atoms with Gasteiger partial charge in [0.05, 0.1) is 13.2 Å². The Hall–Kier alpha value is -1.55. The minimum atomic E-state index is -0.137. The molecule has 1 aromatic carbocycles. The Bertz CT molecular complexity index is 569. The zero-order valence-corrected chi connectivity index (χ0v) is 16.7. The van der Waals surface area contributed by atoms with Crippen LogP contribution in [0.4, 0.5) is 0 Å². The van der Waals surface area contributed by atoms with Gasteiger partial charge in [0.2, 0.25) is 5.91 Å². The second-order valence-electron chi connectivity index (χ2n) is 7.82. The number of nitrogens with zero attached hydrogens (tertiary/aromatic N) is 1. The van der Waals surface area contributed by atoms with Crippen molar-refractivity contribution in [3.63, 3.8) is 0 Å². The van der Waals surface area contributed by atoms with Gasteiger partial charge in [0.25, 0.3) is 0 Å². The number of methoxy groups -OCH3 is 1. The summed E-state index contributed by atoms with van der Waals surface area (Å²) in [6.07, 6.45) is 4.67. The Morgan fingerprint density at radius 2 is 1.80 bits per heavy atom. The van der Waals surface area contributed by atoms with Gasteiger partial charge in [-0.15, -0.1) is 0 Å². The van der Waals surface area contributed by atoms with Gasteiger partial charge in [0.15, 0.2) is 0 Å². The fourth-order valence-electron chi connectivity index (χ4n) is 3.80. The lowest BCUT2D eigenvalue weighted by atomic mass is 9.87. The van der Waals surface area contributed by atoms with Gasteiger partial charge in [-0.25, -0.2) is 0 Å². The number of hydrogen-bond donors (Lipinski definition) is 1. The first-order chi connectivity index (χ1) is 11.8. The van der Waals surface area contributed by atoms with E-state index < -0.39 is 0 Å². The summed E-state index contributed by atoms with van der Waals surface area (Å²) in [5.74, 6) is 1.89. The number of carbonyl (C=O) groups excluding carboxylic acids is 1. The van der Waals surface area contributed by atoms with Crippen LogP contribution in [0.15, 0.2) is 12.1 Å². The van der Waals surface area contributed by atoms with E-state index in [2.05, 4.69) is 43.1 Å². The Morgan fingerprint density at radius 3 is 2.32 bits per heavy atom. The standard InChI is InChI=1S/C21H34N2O2/c1-14-7-9-19(10-8-14)22-21(24)17(4)23(5)13-18-11-15(2)20(25-6)16(3)12-18/h11-12,14,17,19H,7-10,13H2,1-6H3,(H,22,24). The smallest absolute Gasteiger partial charge is 0.237 e. The molecular formula is C21H34N2O2. The first-order valence-electron chi connectivity index (χ1n) is 9.46. The lowest BCUT2D eigenvalue weighted by Gasteiger charge is -2.30. The van der Waals surface area contributed by atoms with Crippen molar-refractivity contribution in [2.24, 2.45) is 5.92 Å². The van der Waals surface area contributed by atoms with Gasteiger partial charge in [-0.1, -0.05) is 19.1 Å². The van der Waals surface area contributed by atoms with Crippen molar-refractivity contribution >= 4 is 5.91 Å². The molecule has 1 fully saturated rings. The summed E-state index contributed by atoms with van der Waals surface area (Å²) < 4.78 is 5.44. The van der Waals surface area contributed by atoms with Crippen LogP contribution >= 0.6 is 0 Å². The molecule has 4 heteroatoms. The number of carbonyl (C=O) groups is 1. The van der Waals surface area contributed by atoms with Gasteiger partial charge in [0.1, 0.15) is 5.75 Å². The van der Waals surface area contributed by atoms with Crippen LogP contribution in [0.2, 0.25) is 0 Å². The first-order valence-corrected chi connectivity index (χ1v) is 9.46. The lowest BCUT2D eigenvalue weighted by Crippen LogP contribution is -2.47. The highest BCUT2D eigenvalue weighted by Gasteiger charge is 2.24. The highest BCUT2D eigenvalue weighted by Crippen LogP contribution is 2.25. The van der Waals surface area contributed by atoms with E-state index in [0.29, 0.717) is 6.04 Å². The Balaban J connectivity index is 1.93. The van der Waals surface area contributed by atoms with E-state index >= 15 is 0 Å². The van der Waals surface area contributed by atoms with Crippen LogP contribution in [0.25, 0.3) is 0 Å². The summed E-state index contributed by atoms with van der Waals surface area (Å²) in [5.41, 5.74) is 3.49. The van der Waals surface area contributed by atoms with Gasteiger partial charge in [-0.2, -0.15) is 0 Å². The topological polar surface area (TPSA) is 41.6 Å². The molecule has 1 aliphatic carbocycles. The summed E-state index contributed by atoms with van der Waals surface area (Å²) in [6.45, 7) is 9.17. The van der Waals surface area contributed by atoms with Crippen LogP contribution in [0.1, 0.15) is 56.2 Å². The maximum absolute atomic E-state index is 12.6. The summed E-state index contributed by atoms with van der Waals surface area (Å²) in [6, 6.07) is 4.51. The van der Waals surface area contributed by atoms with Crippen molar-refractivity contribution in [3.8, 4) is 5.75 Å². The van der Waals surface area contributed by atoms with E-state index in [9.17, 15) is 4.79 Å². The number of rotatable bonds is 6. The van der Waals surface area contributed by atoms with E-state index in [1.807, 2.05) is 14.0 Å². The molecule has 0 aliphatic heterocycles. The molecule has 1 N–H and O–H groups in total. The maximum Gasteiger partial charge on any atom is 0.237 e. The van der Waals surface area contributed by atoms with Crippen LogP contribution in [-0.2, 0) is 11.3 Å². The molecule has 1 unspecified atom stereocenters. The molecule has 2 rings (SSSR count). The van der Waals surface area contributed by atoms with Gasteiger partial charge in [0, 0.05) is 12.6 Å². The van der Waals surface area contributed by atoms with Crippen molar-refractivity contribution in [1.82, 2.24) is 10.2 Å². The zero-order valence-electron chi connectivity index (χ0n) is 16.7. The van der Waals surface area contributed by atoms with Crippen LogP contribution < -0.4 is 10.1 Å². The summed E-state index contributed by atoms with van der Waals surface area (Å²) in [4.78, 5) is 14.7. The van der Waals surface area contributed by atoms with E-state index in [4.69, 9.17) is 4.74 Å². The number of hydrogen-bond acceptors (Lipinski definition) is 3. The van der Waals surface area contributed by atoms with E-state index in [0.717, 1.165) is 42.2 Å². The number of likely N-dealkylation sites (N-methyl/N-ethyl adjacent to an activating group) is 1. The number of aryl methyl sites for hydroxylation is 2. The molecule has 0 heterocycles. The number of benzene rings is 1. The van der Waals surface area contributed by atoms with Gasteiger partial charge >= 0.3 is 0 Å². The number of ether oxygens (including phenoxy) is 1. The fraction of sp³-hybridized carbons (Fsp3) is 0.667. The molecule has 1 aliphatic rings. The third-order valence-corrected chi connectivity index (χ3v) is 5.56. The average molecular weight is 347 g/mol. The Labute approximate surface area is 152 Å². The number of amides is 1. The second kappa shape index (κ2) is 8.70. The lowest BCUT2D eigenvalue weighted by molar-refractivity contribution is -0.126. The fourth-order valence-corrected chi connectivity index (χ4v) is 3.80. The van der Waals surface area contributed by atoms with E-state index in [-0.39, 0.29) is 11.9 Å². The van der Waals surface area contributed by atoms with Gasteiger partial charge in [-0.05, 0) is 76.1 Å². The van der Waals surface area contributed by atoms with Crippen LogP contribution in [-0.4, -0.2) is 37.0 Å². The highest BCUT2D eigenvalue weighted by atomic mass is 16.5. The Kier molecular flexibility index (Phi) is 6.88. The third kappa shape index (κ3) is 5.21. The van der Waals surface area contributed by atoms with E-state index in [1.54, 1.807) is 7.11 Å². The maximum atomic E-state index is 12.6. The van der Waals surface area contributed by atoms with Gasteiger partial charge in [-0.3, -0.25) is 9.69 Å². The average Bonchev–Trinajstić information content (AvgIpc) is 2.56. The normalized spacial score (nSPS) is 21.9. The molecule has 1 aromatic rings. The molecule has 0 saturated heterocycles. The molecule has 1 atom stereocenters. The van der Waals surface area contributed by atoms with Crippen molar-refractivity contribution in [3.05, 3.63) is 28.8 Å². The molecule has 0 radical (unpaired) electrons. The molecular weight excluding hydrogens is 312 g/mol. The quantitative estimate of drug-likeness (QED) is 0.851. The van der Waals surface area contributed by atoms with Crippen molar-refractivity contribution in [2.75, 3.05) is 14.2 Å². The number of nitrogens with one attached hydrogen (secondary N) is 1. The predicted octanol–water partition coefficient (Wildman–Crippen LogP) is 3.83. The first kappa shape index (κ1) is 19.8. The molecule has 1 amide bonds. The van der Waals surface area contributed by atoms with Crippen molar-refractivity contribution < 1.29 is 9.53 Å². The SMILES string of the molecule is COc1c(C)cc(CN(C)C(C)C(=O)NC2CCC(C)CC2)cc1C. The van der Waals surface area contributed by atoms with Crippen molar-refractivity contribution in [2.45, 2.75) is 72.0 Å². The Morgan fingerprint density at radius 1 is 1.24 bits per heavy atom. The van der Waals surface area contributed by atoms with Crippen LogP contribution in [0.3, 0.4) is 0 Å². The summed E-state index contributed by atoms with van der Waals surface area (Å²) in [5, 5.41) is 3.25. The molecule has 140 valence electrons. The van der Waals surface area contributed by atoms with Crippen molar-refractivity contribution in [1.29, 1.82) is 0 Å². The molecule has 1 saturated carbocycles. The zero-order chi connectivity index (χ0) is 18.6. The van der Waals surface area contributed by atoms with Crippen LogP contribution in [0, 0.1) is 19.8 Å². The largest absolute Gasteiger partial charge is 0.496 e. The van der Waals surface area contributed by atoms with Crippen LogP contribution in [0.5, 0.6) is 5.75 Å². The predicted molar refractivity (Wildman–Crippen MR) is 103 cm³/mol. The molecule has 4 nitrogen and oxygen atoms in total.